The van der Waals surface area contributed by atoms with Crippen molar-refractivity contribution >= 4 is 17.7 Å². The van der Waals surface area contributed by atoms with E-state index in [2.05, 4.69) is 26.7 Å². The Morgan fingerprint density at radius 1 is 1.56 bits per heavy atom. The van der Waals surface area contributed by atoms with Crippen molar-refractivity contribution in [2.45, 2.75) is 18.0 Å². The van der Waals surface area contributed by atoms with E-state index >= 15 is 0 Å². The number of nitrogens with one attached hydrogen (secondary N) is 2. The number of aliphatic imine (C=N–C) groups is 1. The molecule has 0 saturated heterocycles. The van der Waals surface area contributed by atoms with Gasteiger partial charge < -0.3 is 10.6 Å². The average molecular weight is 236 g/mol. The van der Waals surface area contributed by atoms with Crippen LogP contribution in [0.3, 0.4) is 0 Å². The van der Waals surface area contributed by atoms with Crippen LogP contribution in [0.5, 0.6) is 0 Å². The number of rotatable bonds is 3. The minimum Gasteiger partial charge on any atom is -0.356 e. The zero-order valence-corrected chi connectivity index (χ0v) is 10.2. The molecular weight excluding hydrogens is 220 g/mol. The predicted molar refractivity (Wildman–Crippen MR) is 67.8 cm³/mol. The molecule has 2 heterocycles. The molecule has 0 bridgehead atoms. The number of pyridine rings is 1. The third-order valence-electron chi connectivity index (χ3n) is 2.37. The van der Waals surface area contributed by atoms with E-state index in [4.69, 9.17) is 0 Å². The molecule has 5 heteroatoms. The van der Waals surface area contributed by atoms with Gasteiger partial charge in [0.2, 0.25) is 0 Å². The van der Waals surface area contributed by atoms with Gasteiger partial charge in [-0.2, -0.15) is 0 Å². The molecule has 0 unspecified atom stereocenters. The highest BCUT2D eigenvalue weighted by atomic mass is 32.2. The van der Waals surface area contributed by atoms with Gasteiger partial charge in [0.15, 0.2) is 5.96 Å². The van der Waals surface area contributed by atoms with Gasteiger partial charge in [0.1, 0.15) is 0 Å². The lowest BCUT2D eigenvalue weighted by atomic mass is 10.3. The Balaban J connectivity index is 1.91. The highest BCUT2D eigenvalue weighted by Gasteiger charge is 2.03. The molecule has 1 aromatic rings. The van der Waals surface area contributed by atoms with Crippen molar-refractivity contribution in [3.63, 3.8) is 0 Å². The van der Waals surface area contributed by atoms with Gasteiger partial charge in [-0.05, 0) is 30.4 Å². The van der Waals surface area contributed by atoms with Gasteiger partial charge in [0.05, 0.1) is 5.03 Å². The Labute approximate surface area is 100.0 Å². The molecule has 4 nitrogen and oxygen atoms in total. The molecule has 86 valence electrons. The van der Waals surface area contributed by atoms with Crippen molar-refractivity contribution in [2.24, 2.45) is 4.99 Å². The number of hydrogen-bond acceptors (Lipinski definition) is 5. The van der Waals surface area contributed by atoms with Crippen LogP contribution in [0, 0.1) is 0 Å². The summed E-state index contributed by atoms with van der Waals surface area (Å²) in [5.74, 6) is 0.911. The molecule has 0 aromatic carbocycles. The van der Waals surface area contributed by atoms with E-state index in [0.29, 0.717) is 0 Å². The normalized spacial score (nSPS) is 15.2. The Morgan fingerprint density at radius 3 is 3.25 bits per heavy atom. The van der Waals surface area contributed by atoms with E-state index in [-0.39, 0.29) is 0 Å². The Hall–Kier alpha value is -1.23. The summed E-state index contributed by atoms with van der Waals surface area (Å²) in [5, 5.41) is 7.58. The zero-order valence-electron chi connectivity index (χ0n) is 9.36. The number of thioether (sulfide) groups is 1. The molecule has 0 atom stereocenters. The van der Waals surface area contributed by atoms with Crippen LogP contribution < -0.4 is 10.6 Å². The van der Waals surface area contributed by atoms with Gasteiger partial charge in [-0.1, -0.05) is 0 Å². The summed E-state index contributed by atoms with van der Waals surface area (Å²) in [6.45, 7) is 2.72. The maximum absolute atomic E-state index is 4.36. The monoisotopic (exact) mass is 236 g/mol. The van der Waals surface area contributed by atoms with Crippen molar-refractivity contribution in [1.82, 2.24) is 15.6 Å². The van der Waals surface area contributed by atoms with E-state index in [1.807, 2.05) is 18.5 Å². The van der Waals surface area contributed by atoms with E-state index < -0.39 is 0 Å². The van der Waals surface area contributed by atoms with E-state index in [9.17, 15) is 0 Å². The molecule has 0 spiro atoms. The van der Waals surface area contributed by atoms with E-state index in [0.717, 1.165) is 37.0 Å². The standard InChI is InChI=1S/C11H16N4S/c1-16-10-7-9(3-6-12-10)8-15-11-13-4-2-5-14-11/h3,6-7H,2,4-5,8H2,1H3,(H2,13,14,15). The summed E-state index contributed by atoms with van der Waals surface area (Å²) >= 11 is 1.66. The van der Waals surface area contributed by atoms with Crippen LogP contribution in [0.4, 0.5) is 0 Å². The minimum atomic E-state index is 0.794. The predicted octanol–water partition coefficient (Wildman–Crippen LogP) is 1.24. The molecule has 2 rings (SSSR count). The average Bonchev–Trinajstić information content (AvgIpc) is 2.38. The van der Waals surface area contributed by atoms with Crippen LogP contribution >= 0.6 is 11.8 Å². The SMILES string of the molecule is CSc1cc(CNC2=NCCCN2)ccn1. The fourth-order valence-electron chi connectivity index (χ4n) is 1.51. The third-order valence-corrected chi connectivity index (χ3v) is 3.01. The Morgan fingerprint density at radius 2 is 2.50 bits per heavy atom. The number of hydrogen-bond donors (Lipinski definition) is 2. The number of nitrogens with zero attached hydrogens (tertiary/aromatic N) is 2. The van der Waals surface area contributed by atoms with Crippen LogP contribution in [0.25, 0.3) is 0 Å². The first-order chi connectivity index (χ1) is 7.88. The summed E-state index contributed by atoms with van der Waals surface area (Å²) in [7, 11) is 0. The lowest BCUT2D eigenvalue weighted by Crippen LogP contribution is -2.40. The van der Waals surface area contributed by atoms with Gasteiger partial charge >= 0.3 is 0 Å². The summed E-state index contributed by atoms with van der Waals surface area (Å²) in [6, 6.07) is 4.12. The molecule has 0 aliphatic carbocycles. The van der Waals surface area contributed by atoms with E-state index in [1.54, 1.807) is 11.8 Å². The Bertz CT molecular complexity index is 378. The molecule has 0 amide bonds. The molecule has 0 radical (unpaired) electrons. The molecule has 0 saturated carbocycles. The second-order valence-electron chi connectivity index (χ2n) is 3.57. The van der Waals surface area contributed by atoms with Gasteiger partial charge in [0.25, 0.3) is 0 Å². The molecule has 2 N–H and O–H groups in total. The van der Waals surface area contributed by atoms with Crippen LogP contribution in [-0.4, -0.2) is 30.3 Å². The molecule has 0 fully saturated rings. The molecular formula is C11H16N4S. The van der Waals surface area contributed by atoms with E-state index in [1.165, 1.54) is 5.56 Å². The maximum atomic E-state index is 4.36. The van der Waals surface area contributed by atoms with Crippen molar-refractivity contribution in [2.75, 3.05) is 19.3 Å². The smallest absolute Gasteiger partial charge is 0.191 e. The first-order valence-electron chi connectivity index (χ1n) is 5.39. The largest absolute Gasteiger partial charge is 0.356 e. The summed E-state index contributed by atoms with van der Waals surface area (Å²) in [5.41, 5.74) is 1.23. The van der Waals surface area contributed by atoms with Crippen LogP contribution in [0.2, 0.25) is 0 Å². The summed E-state index contributed by atoms with van der Waals surface area (Å²) in [6.07, 6.45) is 5.00. The highest BCUT2D eigenvalue weighted by Crippen LogP contribution is 2.12. The zero-order chi connectivity index (χ0) is 11.2. The second kappa shape index (κ2) is 5.75. The molecule has 1 aromatic heterocycles. The van der Waals surface area contributed by atoms with Gasteiger partial charge in [0, 0.05) is 25.8 Å². The quantitative estimate of drug-likeness (QED) is 0.775. The fourth-order valence-corrected chi connectivity index (χ4v) is 1.94. The minimum absolute atomic E-state index is 0.794. The van der Waals surface area contributed by atoms with Gasteiger partial charge in [-0.15, -0.1) is 11.8 Å². The van der Waals surface area contributed by atoms with Crippen molar-refractivity contribution < 1.29 is 0 Å². The van der Waals surface area contributed by atoms with Gasteiger partial charge in [-0.3, -0.25) is 4.99 Å². The topological polar surface area (TPSA) is 49.3 Å². The maximum Gasteiger partial charge on any atom is 0.191 e. The van der Waals surface area contributed by atoms with Crippen LogP contribution in [0.15, 0.2) is 28.3 Å². The fraction of sp³-hybridized carbons (Fsp3) is 0.455. The van der Waals surface area contributed by atoms with Crippen molar-refractivity contribution in [3.8, 4) is 0 Å². The lowest BCUT2D eigenvalue weighted by molar-refractivity contribution is 0.701. The van der Waals surface area contributed by atoms with Gasteiger partial charge in [-0.25, -0.2) is 4.98 Å². The van der Waals surface area contributed by atoms with Crippen LogP contribution in [-0.2, 0) is 6.54 Å². The lowest BCUT2D eigenvalue weighted by Gasteiger charge is -2.16. The van der Waals surface area contributed by atoms with Crippen LogP contribution in [0.1, 0.15) is 12.0 Å². The van der Waals surface area contributed by atoms with Crippen molar-refractivity contribution in [3.05, 3.63) is 23.9 Å². The van der Waals surface area contributed by atoms with Crippen molar-refractivity contribution in [1.29, 1.82) is 0 Å². The highest BCUT2D eigenvalue weighted by molar-refractivity contribution is 7.98. The first kappa shape index (κ1) is 11.3. The molecule has 1 aliphatic rings. The second-order valence-corrected chi connectivity index (χ2v) is 4.40. The number of aromatic nitrogens is 1. The molecule has 1 aliphatic heterocycles. The molecule has 16 heavy (non-hydrogen) atoms. The Kier molecular flexibility index (Phi) is 4.04. The first-order valence-corrected chi connectivity index (χ1v) is 6.62. The third kappa shape index (κ3) is 3.13. The summed E-state index contributed by atoms with van der Waals surface area (Å²) < 4.78 is 0. The number of guanidine groups is 1. The summed E-state index contributed by atoms with van der Waals surface area (Å²) in [4.78, 5) is 8.60.